The van der Waals surface area contributed by atoms with Crippen molar-refractivity contribution in [3.05, 3.63) is 53.6 Å². The van der Waals surface area contributed by atoms with E-state index in [1.165, 1.54) is 16.8 Å². The van der Waals surface area contributed by atoms with Crippen LogP contribution in [-0.4, -0.2) is 18.2 Å². The molecule has 1 aliphatic heterocycles. The van der Waals surface area contributed by atoms with Crippen LogP contribution in [0.1, 0.15) is 11.1 Å². The maximum atomic E-state index is 9.71. The highest BCUT2D eigenvalue weighted by molar-refractivity contribution is 5.57. The maximum absolute atomic E-state index is 9.71. The number of benzene rings is 2. The normalized spacial score (nSPS) is 14.8. The van der Waals surface area contributed by atoms with Crippen molar-refractivity contribution >= 4 is 11.4 Å². The lowest BCUT2D eigenvalue weighted by Crippen LogP contribution is -2.25. The average Bonchev–Trinajstić information content (AvgIpc) is 2.63. The average molecular weight is 254 g/mol. The second-order valence-corrected chi connectivity index (χ2v) is 5.00. The first kappa shape index (κ1) is 11.9. The molecule has 0 spiro atoms. The third-order valence-electron chi connectivity index (χ3n) is 3.77. The van der Waals surface area contributed by atoms with Gasteiger partial charge in [0.15, 0.2) is 0 Å². The lowest BCUT2D eigenvalue weighted by atomic mass is 10.0. The van der Waals surface area contributed by atoms with Crippen LogP contribution in [0.25, 0.3) is 0 Å². The number of hydrogen-bond donors (Lipinski definition) is 2. The van der Waals surface area contributed by atoms with Gasteiger partial charge in [0.1, 0.15) is 5.75 Å². The third-order valence-corrected chi connectivity index (χ3v) is 3.77. The molecule has 98 valence electrons. The van der Waals surface area contributed by atoms with E-state index in [0.29, 0.717) is 5.69 Å². The van der Waals surface area contributed by atoms with Crippen molar-refractivity contribution in [2.45, 2.75) is 12.8 Å². The molecule has 0 saturated carbocycles. The smallest absolute Gasteiger partial charge is 0.138 e. The van der Waals surface area contributed by atoms with Gasteiger partial charge in [0.05, 0.1) is 5.69 Å². The minimum Gasteiger partial charge on any atom is -0.506 e. The lowest BCUT2D eigenvalue weighted by Gasteiger charge is -2.22. The zero-order valence-corrected chi connectivity index (χ0v) is 10.8. The summed E-state index contributed by atoms with van der Waals surface area (Å²) in [5.74, 6) is 0.201. The summed E-state index contributed by atoms with van der Waals surface area (Å²) in [6, 6.07) is 14.2. The molecule has 0 aromatic heterocycles. The van der Waals surface area contributed by atoms with Gasteiger partial charge in [-0.15, -0.1) is 0 Å². The summed E-state index contributed by atoms with van der Waals surface area (Å²) in [6.07, 6.45) is 1.91. The highest BCUT2D eigenvalue weighted by atomic mass is 16.3. The van der Waals surface area contributed by atoms with Crippen molar-refractivity contribution in [3.63, 3.8) is 0 Å². The second kappa shape index (κ2) is 4.84. The van der Waals surface area contributed by atoms with E-state index >= 15 is 0 Å². The molecule has 1 aliphatic rings. The first-order chi connectivity index (χ1) is 9.24. The number of nitrogens with two attached hydrogens (primary N) is 1. The largest absolute Gasteiger partial charge is 0.506 e. The molecule has 3 rings (SSSR count). The molecule has 0 saturated heterocycles. The van der Waals surface area contributed by atoms with Crippen molar-refractivity contribution < 1.29 is 5.11 Å². The summed E-state index contributed by atoms with van der Waals surface area (Å²) >= 11 is 0. The minimum atomic E-state index is 0.201. The topological polar surface area (TPSA) is 49.5 Å². The molecular formula is C16H18N2O. The first-order valence-electron chi connectivity index (χ1n) is 6.64. The van der Waals surface area contributed by atoms with Gasteiger partial charge in [0.2, 0.25) is 0 Å². The SMILES string of the molecule is Nc1cc2c(cc1O)CCN(c1ccccc1)CC2. The number of rotatable bonds is 1. The van der Waals surface area contributed by atoms with Gasteiger partial charge in [-0.2, -0.15) is 0 Å². The Bertz CT molecular complexity index is 548. The Labute approximate surface area is 113 Å². The predicted molar refractivity (Wildman–Crippen MR) is 78.6 cm³/mol. The van der Waals surface area contributed by atoms with E-state index < -0.39 is 0 Å². The molecule has 0 fully saturated rings. The summed E-state index contributed by atoms with van der Waals surface area (Å²) in [5.41, 5.74) is 9.98. The number of phenols is 1. The van der Waals surface area contributed by atoms with E-state index in [9.17, 15) is 5.11 Å². The van der Waals surface area contributed by atoms with Crippen LogP contribution in [0.3, 0.4) is 0 Å². The number of nitrogens with zero attached hydrogens (tertiary/aromatic N) is 1. The fourth-order valence-electron chi connectivity index (χ4n) is 2.68. The van der Waals surface area contributed by atoms with Crippen LogP contribution in [0.2, 0.25) is 0 Å². The first-order valence-corrected chi connectivity index (χ1v) is 6.64. The zero-order valence-electron chi connectivity index (χ0n) is 10.8. The summed E-state index contributed by atoms with van der Waals surface area (Å²) in [7, 11) is 0. The van der Waals surface area contributed by atoms with Crippen molar-refractivity contribution in [1.29, 1.82) is 0 Å². The third kappa shape index (κ3) is 2.36. The van der Waals surface area contributed by atoms with Crippen molar-refractivity contribution in [2.24, 2.45) is 0 Å². The van der Waals surface area contributed by atoms with Crippen LogP contribution in [0, 0.1) is 0 Å². The Hall–Kier alpha value is -2.16. The number of hydrogen-bond acceptors (Lipinski definition) is 3. The second-order valence-electron chi connectivity index (χ2n) is 5.00. The van der Waals surface area contributed by atoms with E-state index in [-0.39, 0.29) is 5.75 Å². The van der Waals surface area contributed by atoms with Crippen LogP contribution in [0.15, 0.2) is 42.5 Å². The summed E-state index contributed by atoms with van der Waals surface area (Å²) < 4.78 is 0. The molecule has 0 amide bonds. The van der Waals surface area contributed by atoms with E-state index in [1.54, 1.807) is 0 Å². The summed E-state index contributed by atoms with van der Waals surface area (Å²) in [5, 5.41) is 9.71. The molecule has 1 heterocycles. The monoisotopic (exact) mass is 254 g/mol. The quantitative estimate of drug-likeness (QED) is 0.607. The van der Waals surface area contributed by atoms with E-state index in [4.69, 9.17) is 5.73 Å². The van der Waals surface area contributed by atoms with E-state index in [1.807, 2.05) is 18.2 Å². The van der Waals surface area contributed by atoms with Crippen molar-refractivity contribution in [3.8, 4) is 5.75 Å². The highest BCUT2D eigenvalue weighted by Gasteiger charge is 2.15. The molecule has 3 N–H and O–H groups in total. The molecule has 19 heavy (non-hydrogen) atoms. The lowest BCUT2D eigenvalue weighted by molar-refractivity contribution is 0.477. The molecule has 0 radical (unpaired) electrons. The van der Waals surface area contributed by atoms with Gasteiger partial charge in [0.25, 0.3) is 0 Å². The Balaban J connectivity index is 1.85. The number of nitrogen functional groups attached to an aromatic ring is 1. The van der Waals surface area contributed by atoms with Crippen LogP contribution in [-0.2, 0) is 12.8 Å². The van der Waals surface area contributed by atoms with Crippen LogP contribution in [0.4, 0.5) is 11.4 Å². The van der Waals surface area contributed by atoms with Crippen LogP contribution < -0.4 is 10.6 Å². The van der Waals surface area contributed by atoms with Gasteiger partial charge >= 0.3 is 0 Å². The van der Waals surface area contributed by atoms with Crippen LogP contribution in [0.5, 0.6) is 5.75 Å². The minimum absolute atomic E-state index is 0.201. The number of para-hydroxylation sites is 1. The molecule has 0 unspecified atom stereocenters. The molecule has 3 nitrogen and oxygen atoms in total. The number of anilines is 2. The predicted octanol–water partition coefficient (Wildman–Crippen LogP) is 2.58. The summed E-state index contributed by atoms with van der Waals surface area (Å²) in [6.45, 7) is 1.96. The molecule has 0 aliphatic carbocycles. The molecule has 0 atom stereocenters. The van der Waals surface area contributed by atoms with Crippen LogP contribution >= 0.6 is 0 Å². The van der Waals surface area contributed by atoms with Gasteiger partial charge < -0.3 is 15.7 Å². The molecule has 3 heteroatoms. The van der Waals surface area contributed by atoms with Gasteiger partial charge in [-0.25, -0.2) is 0 Å². The Morgan fingerprint density at radius 1 is 0.947 bits per heavy atom. The van der Waals surface area contributed by atoms with Crippen molar-refractivity contribution in [2.75, 3.05) is 23.7 Å². The Morgan fingerprint density at radius 3 is 2.26 bits per heavy atom. The molecule has 2 aromatic rings. The standard InChI is InChI=1S/C16H18N2O/c17-15-10-12-6-8-18(14-4-2-1-3-5-14)9-7-13(12)11-16(15)19/h1-5,10-11,19H,6-9,17H2. The van der Waals surface area contributed by atoms with Gasteiger partial charge in [-0.1, -0.05) is 18.2 Å². The van der Waals surface area contributed by atoms with Gasteiger partial charge in [-0.3, -0.25) is 0 Å². The Kier molecular flexibility index (Phi) is 3.03. The highest BCUT2D eigenvalue weighted by Crippen LogP contribution is 2.28. The summed E-state index contributed by atoms with van der Waals surface area (Å²) in [4.78, 5) is 2.38. The Morgan fingerprint density at radius 2 is 1.58 bits per heavy atom. The number of phenolic OH excluding ortho intramolecular Hbond substituents is 1. The van der Waals surface area contributed by atoms with Gasteiger partial charge in [-0.05, 0) is 48.2 Å². The zero-order chi connectivity index (χ0) is 13.2. The van der Waals surface area contributed by atoms with E-state index in [0.717, 1.165) is 25.9 Å². The van der Waals surface area contributed by atoms with E-state index in [2.05, 4.69) is 29.2 Å². The maximum Gasteiger partial charge on any atom is 0.138 e. The molecule has 0 bridgehead atoms. The molecule has 2 aromatic carbocycles. The fraction of sp³-hybridized carbons (Fsp3) is 0.250. The molecular weight excluding hydrogens is 236 g/mol. The number of fused-ring (bicyclic) bond motifs is 1. The van der Waals surface area contributed by atoms with Crippen molar-refractivity contribution in [1.82, 2.24) is 0 Å². The van der Waals surface area contributed by atoms with Gasteiger partial charge in [0, 0.05) is 18.8 Å². The number of aromatic hydroxyl groups is 1. The fourth-order valence-corrected chi connectivity index (χ4v) is 2.68.